The van der Waals surface area contributed by atoms with Crippen LogP contribution in [0.15, 0.2) is 36.5 Å². The van der Waals surface area contributed by atoms with E-state index >= 15 is 0 Å². The smallest absolute Gasteiger partial charge is 0.305 e. The van der Waals surface area contributed by atoms with Gasteiger partial charge in [0.2, 0.25) is 5.91 Å². The standard InChI is InChI=1S/C17H21N3O3/c1-12-5-3-4-6-14(12)15(11-17(22)23)19-16(21)8-7-13-9-10-18-20(13)2/h3-6,9-10,15H,7-8,11H2,1-2H3,(H,19,21)(H,22,23). The van der Waals surface area contributed by atoms with E-state index in [1.807, 2.05) is 44.3 Å². The number of carbonyl (C=O) groups is 2. The summed E-state index contributed by atoms with van der Waals surface area (Å²) in [6.45, 7) is 1.91. The van der Waals surface area contributed by atoms with E-state index in [1.54, 1.807) is 10.9 Å². The van der Waals surface area contributed by atoms with Crippen molar-refractivity contribution in [2.45, 2.75) is 32.2 Å². The fourth-order valence-electron chi connectivity index (χ4n) is 2.55. The maximum atomic E-state index is 12.2. The van der Waals surface area contributed by atoms with Crippen LogP contribution in [-0.4, -0.2) is 26.8 Å². The molecule has 1 aromatic heterocycles. The van der Waals surface area contributed by atoms with Gasteiger partial charge in [0.15, 0.2) is 0 Å². The number of nitrogens with one attached hydrogen (secondary N) is 1. The molecular weight excluding hydrogens is 294 g/mol. The number of aliphatic carboxylic acids is 1. The van der Waals surface area contributed by atoms with Gasteiger partial charge in [-0.15, -0.1) is 0 Å². The van der Waals surface area contributed by atoms with Gasteiger partial charge in [-0.25, -0.2) is 0 Å². The molecule has 1 heterocycles. The molecule has 0 saturated carbocycles. The maximum absolute atomic E-state index is 12.2. The molecule has 0 saturated heterocycles. The largest absolute Gasteiger partial charge is 0.481 e. The summed E-state index contributed by atoms with van der Waals surface area (Å²) in [5.41, 5.74) is 2.76. The van der Waals surface area contributed by atoms with Crippen LogP contribution in [0.4, 0.5) is 0 Å². The van der Waals surface area contributed by atoms with Crippen LogP contribution in [0.2, 0.25) is 0 Å². The predicted molar refractivity (Wildman–Crippen MR) is 85.8 cm³/mol. The van der Waals surface area contributed by atoms with Crippen LogP contribution >= 0.6 is 0 Å². The first kappa shape index (κ1) is 16.7. The number of nitrogens with zero attached hydrogens (tertiary/aromatic N) is 2. The van der Waals surface area contributed by atoms with Gasteiger partial charge in [-0.3, -0.25) is 14.3 Å². The fourth-order valence-corrected chi connectivity index (χ4v) is 2.55. The Morgan fingerprint density at radius 2 is 2.04 bits per heavy atom. The molecule has 2 N–H and O–H groups in total. The SMILES string of the molecule is Cc1ccccc1C(CC(=O)O)NC(=O)CCc1ccnn1C. The van der Waals surface area contributed by atoms with Crippen LogP contribution in [0.5, 0.6) is 0 Å². The van der Waals surface area contributed by atoms with Gasteiger partial charge >= 0.3 is 5.97 Å². The van der Waals surface area contributed by atoms with Crippen molar-refractivity contribution in [3.05, 3.63) is 53.3 Å². The Morgan fingerprint density at radius 3 is 2.65 bits per heavy atom. The van der Waals surface area contributed by atoms with Gasteiger partial charge in [-0.2, -0.15) is 5.10 Å². The summed E-state index contributed by atoms with van der Waals surface area (Å²) in [6.07, 6.45) is 2.41. The number of rotatable bonds is 7. The van der Waals surface area contributed by atoms with Crippen molar-refractivity contribution >= 4 is 11.9 Å². The average Bonchev–Trinajstić information content (AvgIpc) is 2.90. The summed E-state index contributed by atoms with van der Waals surface area (Å²) < 4.78 is 1.73. The third-order valence-electron chi connectivity index (χ3n) is 3.81. The number of carboxylic acids is 1. The zero-order valence-corrected chi connectivity index (χ0v) is 13.3. The van der Waals surface area contributed by atoms with Gasteiger partial charge < -0.3 is 10.4 Å². The molecule has 6 nitrogen and oxygen atoms in total. The second kappa shape index (κ2) is 7.58. The van der Waals surface area contributed by atoms with Crippen molar-refractivity contribution < 1.29 is 14.7 Å². The van der Waals surface area contributed by atoms with Crippen molar-refractivity contribution in [2.24, 2.45) is 7.05 Å². The van der Waals surface area contributed by atoms with E-state index in [2.05, 4.69) is 10.4 Å². The lowest BCUT2D eigenvalue weighted by Gasteiger charge is -2.19. The zero-order chi connectivity index (χ0) is 16.8. The summed E-state index contributed by atoms with van der Waals surface area (Å²) in [5, 5.41) is 16.0. The number of benzene rings is 1. The lowest BCUT2D eigenvalue weighted by atomic mass is 9.98. The topological polar surface area (TPSA) is 84.2 Å². The molecule has 1 atom stereocenters. The van der Waals surface area contributed by atoms with E-state index < -0.39 is 12.0 Å². The molecule has 2 aromatic rings. The van der Waals surface area contributed by atoms with Gasteiger partial charge in [0, 0.05) is 25.4 Å². The summed E-state index contributed by atoms with van der Waals surface area (Å²) >= 11 is 0. The van der Waals surface area contributed by atoms with Crippen LogP contribution in [0, 0.1) is 6.92 Å². The van der Waals surface area contributed by atoms with Crippen molar-refractivity contribution in [3.63, 3.8) is 0 Å². The lowest BCUT2D eigenvalue weighted by molar-refractivity contribution is -0.137. The second-order valence-electron chi connectivity index (χ2n) is 5.52. The Hall–Kier alpha value is -2.63. The molecule has 1 unspecified atom stereocenters. The minimum atomic E-state index is -0.940. The van der Waals surface area contributed by atoms with Gasteiger partial charge in [0.05, 0.1) is 12.5 Å². The van der Waals surface area contributed by atoms with E-state index in [9.17, 15) is 9.59 Å². The monoisotopic (exact) mass is 315 g/mol. The number of aryl methyl sites for hydroxylation is 3. The van der Waals surface area contributed by atoms with E-state index in [0.29, 0.717) is 12.8 Å². The van der Waals surface area contributed by atoms with Crippen molar-refractivity contribution in [3.8, 4) is 0 Å². The van der Waals surface area contributed by atoms with Crippen molar-refractivity contribution in [1.82, 2.24) is 15.1 Å². The van der Waals surface area contributed by atoms with Crippen LogP contribution in [0.25, 0.3) is 0 Å². The number of hydrogen-bond acceptors (Lipinski definition) is 3. The molecule has 6 heteroatoms. The van der Waals surface area contributed by atoms with Crippen LogP contribution in [0.1, 0.15) is 35.7 Å². The highest BCUT2D eigenvalue weighted by atomic mass is 16.4. The molecule has 0 radical (unpaired) electrons. The normalized spacial score (nSPS) is 11.9. The number of carboxylic acid groups (broad SMARTS) is 1. The average molecular weight is 315 g/mol. The van der Waals surface area contributed by atoms with Crippen molar-refractivity contribution in [1.29, 1.82) is 0 Å². The van der Waals surface area contributed by atoms with E-state index in [1.165, 1.54) is 0 Å². The summed E-state index contributed by atoms with van der Waals surface area (Å²) in [6, 6.07) is 8.84. The first-order valence-electron chi connectivity index (χ1n) is 7.51. The molecule has 122 valence electrons. The van der Waals surface area contributed by atoms with Gasteiger partial charge in [-0.05, 0) is 30.5 Å². The summed E-state index contributed by atoms with van der Waals surface area (Å²) in [7, 11) is 1.83. The number of amides is 1. The summed E-state index contributed by atoms with van der Waals surface area (Å²) in [4.78, 5) is 23.3. The molecule has 1 aromatic carbocycles. The molecule has 0 aliphatic heterocycles. The molecule has 1 amide bonds. The van der Waals surface area contributed by atoms with Crippen LogP contribution in [0.3, 0.4) is 0 Å². The maximum Gasteiger partial charge on any atom is 0.305 e. The number of aromatic nitrogens is 2. The van der Waals surface area contributed by atoms with Gasteiger partial charge in [-0.1, -0.05) is 24.3 Å². The first-order chi connectivity index (χ1) is 11.0. The molecule has 23 heavy (non-hydrogen) atoms. The Labute approximate surface area is 135 Å². The molecule has 0 spiro atoms. The quantitative estimate of drug-likeness (QED) is 0.818. The highest BCUT2D eigenvalue weighted by Gasteiger charge is 2.19. The van der Waals surface area contributed by atoms with Crippen LogP contribution < -0.4 is 5.32 Å². The molecule has 2 rings (SSSR count). The number of hydrogen-bond donors (Lipinski definition) is 2. The highest BCUT2D eigenvalue weighted by molar-refractivity contribution is 5.78. The van der Waals surface area contributed by atoms with Crippen LogP contribution in [-0.2, 0) is 23.1 Å². The molecule has 0 bridgehead atoms. The number of carbonyl (C=O) groups excluding carboxylic acids is 1. The molecular formula is C17H21N3O3. The van der Waals surface area contributed by atoms with E-state index in [0.717, 1.165) is 16.8 Å². The Morgan fingerprint density at radius 1 is 1.30 bits per heavy atom. The molecule has 0 aliphatic carbocycles. The summed E-state index contributed by atoms with van der Waals surface area (Å²) in [5.74, 6) is -1.11. The first-order valence-corrected chi connectivity index (χ1v) is 7.51. The Kier molecular flexibility index (Phi) is 5.51. The Balaban J connectivity index is 2.03. The van der Waals surface area contributed by atoms with E-state index in [-0.39, 0.29) is 12.3 Å². The lowest BCUT2D eigenvalue weighted by Crippen LogP contribution is -2.31. The zero-order valence-electron chi connectivity index (χ0n) is 13.3. The molecule has 0 aliphatic rings. The minimum Gasteiger partial charge on any atom is -0.481 e. The van der Waals surface area contributed by atoms with Crippen molar-refractivity contribution in [2.75, 3.05) is 0 Å². The third kappa shape index (κ3) is 4.67. The second-order valence-corrected chi connectivity index (χ2v) is 5.52. The Bertz CT molecular complexity index is 694. The highest BCUT2D eigenvalue weighted by Crippen LogP contribution is 2.21. The van der Waals surface area contributed by atoms with Gasteiger partial charge in [0.1, 0.15) is 0 Å². The fraction of sp³-hybridized carbons (Fsp3) is 0.353. The third-order valence-corrected chi connectivity index (χ3v) is 3.81. The molecule has 0 fully saturated rings. The van der Waals surface area contributed by atoms with E-state index in [4.69, 9.17) is 5.11 Å². The predicted octanol–water partition coefficient (Wildman–Crippen LogP) is 1.99. The van der Waals surface area contributed by atoms with Gasteiger partial charge in [0.25, 0.3) is 0 Å². The minimum absolute atomic E-state index is 0.137.